The monoisotopic (exact) mass is 541 g/mol. The molecule has 1 aromatic carbocycles. The van der Waals surface area contributed by atoms with E-state index in [1.165, 1.54) is 6.08 Å². The molecule has 0 bridgehead atoms. The van der Waals surface area contributed by atoms with Crippen molar-refractivity contribution >= 4 is 79.4 Å². The average Bonchev–Trinajstić information content (AvgIpc) is 2.73. The van der Waals surface area contributed by atoms with Gasteiger partial charge >= 0.3 is 11.9 Å². The van der Waals surface area contributed by atoms with E-state index < -0.39 is 36.2 Å². The summed E-state index contributed by atoms with van der Waals surface area (Å²) in [5, 5.41) is 16.9. The van der Waals surface area contributed by atoms with Crippen molar-refractivity contribution in [3.8, 4) is 5.75 Å². The SMILES string of the molecule is O=C(O)COc1c(Br)cc(I)cc1/C=C1/SC(=O)N(CC(=O)O)C1=O. The number of carbonyl (C=O) groups is 4. The number of hydrogen-bond donors (Lipinski definition) is 2. The molecule has 1 aromatic rings. The zero-order valence-corrected chi connectivity index (χ0v) is 16.8. The van der Waals surface area contributed by atoms with Gasteiger partial charge in [0.2, 0.25) is 0 Å². The molecule has 25 heavy (non-hydrogen) atoms. The summed E-state index contributed by atoms with van der Waals surface area (Å²) >= 11 is 5.91. The minimum absolute atomic E-state index is 0.0281. The van der Waals surface area contributed by atoms with E-state index in [9.17, 15) is 19.2 Å². The van der Waals surface area contributed by atoms with Crippen LogP contribution in [-0.2, 0) is 14.4 Å². The number of ether oxygens (including phenoxy) is 1. The van der Waals surface area contributed by atoms with E-state index in [4.69, 9.17) is 14.9 Å². The van der Waals surface area contributed by atoms with Crippen LogP contribution in [0.1, 0.15) is 5.56 Å². The Morgan fingerprint density at radius 1 is 1.28 bits per heavy atom. The Morgan fingerprint density at radius 3 is 2.56 bits per heavy atom. The Hall–Kier alpha value is -1.60. The molecule has 11 heteroatoms. The second kappa shape index (κ2) is 8.19. The van der Waals surface area contributed by atoms with Crippen molar-refractivity contribution in [3.05, 3.63) is 30.6 Å². The number of imide groups is 1. The normalized spacial score (nSPS) is 15.8. The number of aliphatic carboxylic acids is 2. The maximum absolute atomic E-state index is 12.2. The lowest BCUT2D eigenvalue weighted by molar-refractivity contribution is -0.140. The highest BCUT2D eigenvalue weighted by atomic mass is 127. The maximum Gasteiger partial charge on any atom is 0.341 e. The fraction of sp³-hybridized carbons (Fsp3) is 0.143. The summed E-state index contributed by atoms with van der Waals surface area (Å²) in [6, 6.07) is 3.35. The van der Waals surface area contributed by atoms with Crippen LogP contribution < -0.4 is 4.74 Å². The van der Waals surface area contributed by atoms with Crippen molar-refractivity contribution in [1.82, 2.24) is 4.90 Å². The van der Waals surface area contributed by atoms with E-state index in [2.05, 4.69) is 15.9 Å². The topological polar surface area (TPSA) is 121 Å². The quantitative estimate of drug-likeness (QED) is 0.416. The third-order valence-corrected chi connectivity index (χ3v) is 4.95. The molecule has 2 rings (SSSR count). The van der Waals surface area contributed by atoms with Gasteiger partial charge in [-0.05, 0) is 68.5 Å². The number of halogens is 2. The lowest BCUT2D eigenvalue weighted by Gasteiger charge is -2.11. The first-order valence-electron chi connectivity index (χ1n) is 6.50. The Bertz CT molecular complexity index is 811. The highest BCUT2D eigenvalue weighted by Gasteiger charge is 2.36. The Balaban J connectivity index is 2.40. The number of thioether (sulfide) groups is 1. The highest BCUT2D eigenvalue weighted by Crippen LogP contribution is 2.37. The van der Waals surface area contributed by atoms with Crippen molar-refractivity contribution < 1.29 is 34.1 Å². The Morgan fingerprint density at radius 2 is 1.96 bits per heavy atom. The molecule has 0 unspecified atom stereocenters. The van der Waals surface area contributed by atoms with Gasteiger partial charge in [0, 0.05) is 9.13 Å². The molecule has 0 aliphatic carbocycles. The predicted octanol–water partition coefficient (Wildman–Crippen LogP) is 2.64. The highest BCUT2D eigenvalue weighted by molar-refractivity contribution is 14.1. The van der Waals surface area contributed by atoms with Crippen LogP contribution >= 0.6 is 50.3 Å². The van der Waals surface area contributed by atoms with Crippen LogP contribution in [0.25, 0.3) is 6.08 Å². The largest absolute Gasteiger partial charge is 0.480 e. The molecular weight excluding hydrogens is 533 g/mol. The Labute approximate surface area is 167 Å². The molecule has 1 saturated heterocycles. The minimum atomic E-state index is -1.30. The van der Waals surface area contributed by atoms with E-state index in [1.54, 1.807) is 12.1 Å². The van der Waals surface area contributed by atoms with Gasteiger partial charge in [-0.25, -0.2) is 4.79 Å². The first kappa shape index (κ1) is 19.7. The molecule has 0 spiro atoms. The maximum atomic E-state index is 12.2. The van der Waals surface area contributed by atoms with E-state index in [1.807, 2.05) is 22.6 Å². The van der Waals surface area contributed by atoms with Crippen molar-refractivity contribution in [2.45, 2.75) is 0 Å². The number of carboxylic acid groups (broad SMARTS) is 2. The molecule has 2 amide bonds. The van der Waals surface area contributed by atoms with Gasteiger partial charge in [-0.2, -0.15) is 0 Å². The van der Waals surface area contributed by atoms with Gasteiger partial charge in [0.15, 0.2) is 6.61 Å². The number of nitrogens with zero attached hydrogens (tertiary/aromatic N) is 1. The van der Waals surface area contributed by atoms with E-state index in [0.717, 1.165) is 3.57 Å². The van der Waals surface area contributed by atoms with Crippen LogP contribution in [0, 0.1) is 3.57 Å². The van der Waals surface area contributed by atoms with Crippen LogP contribution in [-0.4, -0.2) is 51.3 Å². The molecule has 0 atom stereocenters. The molecule has 0 saturated carbocycles. The smallest absolute Gasteiger partial charge is 0.341 e. The van der Waals surface area contributed by atoms with E-state index in [0.29, 0.717) is 26.7 Å². The Kier molecular flexibility index (Phi) is 6.46. The van der Waals surface area contributed by atoms with Crippen molar-refractivity contribution in [2.75, 3.05) is 13.2 Å². The summed E-state index contributed by atoms with van der Waals surface area (Å²) in [6.07, 6.45) is 1.37. The summed E-state index contributed by atoms with van der Waals surface area (Å²) < 4.78 is 6.50. The summed E-state index contributed by atoms with van der Waals surface area (Å²) in [7, 11) is 0. The predicted molar refractivity (Wildman–Crippen MR) is 100 cm³/mol. The molecule has 132 valence electrons. The van der Waals surface area contributed by atoms with Crippen LogP contribution in [0.5, 0.6) is 5.75 Å². The van der Waals surface area contributed by atoms with Gasteiger partial charge in [-0.15, -0.1) is 0 Å². The second-order valence-corrected chi connectivity index (χ2v) is 7.74. The summed E-state index contributed by atoms with van der Waals surface area (Å²) in [5.74, 6) is -2.99. The fourth-order valence-corrected chi connectivity index (χ4v) is 4.38. The lowest BCUT2D eigenvalue weighted by atomic mass is 10.2. The van der Waals surface area contributed by atoms with Gasteiger partial charge in [-0.1, -0.05) is 0 Å². The average molecular weight is 542 g/mol. The lowest BCUT2D eigenvalue weighted by Crippen LogP contribution is -2.33. The third kappa shape index (κ3) is 4.95. The van der Waals surface area contributed by atoms with Gasteiger partial charge in [-0.3, -0.25) is 19.3 Å². The summed E-state index contributed by atoms with van der Waals surface area (Å²) in [6.45, 7) is -1.30. The summed E-state index contributed by atoms with van der Waals surface area (Å²) in [4.78, 5) is 46.1. The molecular formula is C14H9BrINO7S. The van der Waals surface area contributed by atoms with Gasteiger partial charge in [0.05, 0.1) is 9.38 Å². The first-order chi connectivity index (χ1) is 11.7. The number of carbonyl (C=O) groups excluding carboxylic acids is 2. The number of amides is 2. The number of rotatable bonds is 6. The van der Waals surface area contributed by atoms with E-state index >= 15 is 0 Å². The van der Waals surface area contributed by atoms with Crippen LogP contribution in [0.4, 0.5) is 4.79 Å². The van der Waals surface area contributed by atoms with Crippen molar-refractivity contribution in [3.63, 3.8) is 0 Å². The minimum Gasteiger partial charge on any atom is -0.480 e. The standard InChI is InChI=1S/C14H9BrINO7S/c15-8-3-7(16)1-6(12(8)24-5-11(20)21)2-9-13(22)17(4-10(18)19)14(23)25-9/h1-3H,4-5H2,(H,18,19)(H,20,21)/b9-2+. The second-order valence-electron chi connectivity index (χ2n) is 4.65. The molecule has 1 aliphatic heterocycles. The van der Waals surface area contributed by atoms with Crippen molar-refractivity contribution in [1.29, 1.82) is 0 Å². The van der Waals surface area contributed by atoms with Crippen LogP contribution in [0.15, 0.2) is 21.5 Å². The third-order valence-electron chi connectivity index (χ3n) is 2.83. The molecule has 1 fully saturated rings. The van der Waals surface area contributed by atoms with E-state index in [-0.39, 0.29) is 10.7 Å². The van der Waals surface area contributed by atoms with Crippen LogP contribution in [0.2, 0.25) is 0 Å². The molecule has 0 aromatic heterocycles. The summed E-state index contributed by atoms with van der Waals surface area (Å²) in [5.41, 5.74) is 0.390. The van der Waals surface area contributed by atoms with Crippen LogP contribution in [0.3, 0.4) is 0 Å². The zero-order chi connectivity index (χ0) is 18.7. The van der Waals surface area contributed by atoms with Gasteiger partial charge < -0.3 is 14.9 Å². The fourth-order valence-electron chi connectivity index (χ4n) is 1.89. The molecule has 2 N–H and O–H groups in total. The number of carboxylic acids is 2. The first-order valence-corrected chi connectivity index (χ1v) is 9.18. The van der Waals surface area contributed by atoms with Gasteiger partial charge in [0.1, 0.15) is 12.3 Å². The molecule has 1 aliphatic rings. The number of hydrogen-bond acceptors (Lipinski definition) is 6. The molecule has 1 heterocycles. The molecule has 8 nitrogen and oxygen atoms in total. The van der Waals surface area contributed by atoms with Crippen molar-refractivity contribution in [2.24, 2.45) is 0 Å². The number of benzene rings is 1. The van der Waals surface area contributed by atoms with Gasteiger partial charge in [0.25, 0.3) is 11.1 Å². The molecule has 0 radical (unpaired) electrons. The zero-order valence-electron chi connectivity index (χ0n) is 12.2.